The van der Waals surface area contributed by atoms with Crippen molar-refractivity contribution in [2.75, 3.05) is 27.2 Å². The number of carbonyl (C=O) groups is 1. The average Bonchev–Trinajstić information content (AvgIpc) is 2.01. The maximum absolute atomic E-state index is 12.5. The lowest BCUT2D eigenvalue weighted by Gasteiger charge is -2.13. The number of halogens is 2. The number of hydrogen-bond donors (Lipinski definition) is 1. The summed E-state index contributed by atoms with van der Waals surface area (Å²) in [4.78, 5) is 12.1. The van der Waals surface area contributed by atoms with E-state index in [0.29, 0.717) is 0 Å². The van der Waals surface area contributed by atoms with Gasteiger partial charge in [0.15, 0.2) is 0 Å². The van der Waals surface area contributed by atoms with Crippen LogP contribution in [0.2, 0.25) is 0 Å². The van der Waals surface area contributed by atoms with E-state index in [9.17, 15) is 22.0 Å². The number of likely N-dealkylation sites (N-methyl/N-ethyl adjacent to an activating group) is 1. The van der Waals surface area contributed by atoms with Gasteiger partial charge in [-0.15, -0.1) is 0 Å². The third-order valence-electron chi connectivity index (χ3n) is 1.33. The predicted molar refractivity (Wildman–Crippen MR) is 46.0 cm³/mol. The molecular weight excluding hydrogens is 236 g/mol. The summed E-state index contributed by atoms with van der Waals surface area (Å²) in [6, 6.07) is 0. The summed E-state index contributed by atoms with van der Waals surface area (Å²) in [5.41, 5.74) is 0. The molecule has 0 aliphatic carbocycles. The largest absolute Gasteiger partial charge is 0.465 e. The lowest BCUT2D eigenvalue weighted by molar-refractivity contribution is -0.161. The molecule has 0 atom stereocenters. The quantitative estimate of drug-likeness (QED) is 0.524. The van der Waals surface area contributed by atoms with Gasteiger partial charge in [-0.3, -0.25) is 4.55 Å². The van der Waals surface area contributed by atoms with Crippen LogP contribution in [0.15, 0.2) is 0 Å². The van der Waals surface area contributed by atoms with E-state index in [0.717, 1.165) is 0 Å². The normalized spacial score (nSPS) is 12.9. The van der Waals surface area contributed by atoms with Crippen LogP contribution in [0.3, 0.4) is 0 Å². The van der Waals surface area contributed by atoms with Gasteiger partial charge in [-0.05, 0) is 14.1 Å². The number of hydrogen-bond acceptors (Lipinski definition) is 5. The zero-order valence-corrected chi connectivity index (χ0v) is 8.92. The smallest absolute Gasteiger partial charge is 0.459 e. The minimum atomic E-state index is -5.77. The van der Waals surface area contributed by atoms with Crippen LogP contribution < -0.4 is 0 Å². The van der Waals surface area contributed by atoms with Crippen molar-refractivity contribution in [3.8, 4) is 0 Å². The second-order valence-electron chi connectivity index (χ2n) is 2.93. The molecule has 0 bridgehead atoms. The van der Waals surface area contributed by atoms with E-state index in [-0.39, 0.29) is 6.54 Å². The van der Waals surface area contributed by atoms with Crippen LogP contribution in [0.25, 0.3) is 0 Å². The molecule has 0 saturated carbocycles. The zero-order chi connectivity index (χ0) is 12.3. The van der Waals surface area contributed by atoms with Gasteiger partial charge < -0.3 is 9.64 Å². The Bertz CT molecular complexity index is 326. The molecule has 90 valence electrons. The molecule has 0 aromatic carbocycles. The van der Waals surface area contributed by atoms with Crippen molar-refractivity contribution in [1.82, 2.24) is 4.90 Å². The molecule has 0 rings (SSSR count). The monoisotopic (exact) mass is 247 g/mol. The Kier molecular flexibility index (Phi) is 4.56. The highest BCUT2D eigenvalue weighted by Gasteiger charge is 2.54. The Morgan fingerprint density at radius 2 is 1.93 bits per heavy atom. The van der Waals surface area contributed by atoms with Crippen LogP contribution in [-0.2, 0) is 19.6 Å². The maximum Gasteiger partial charge on any atom is 0.465 e. The first-order valence-corrected chi connectivity index (χ1v) is 5.20. The molecule has 0 fully saturated rings. The van der Waals surface area contributed by atoms with Crippen molar-refractivity contribution in [2.45, 2.75) is 5.25 Å². The maximum atomic E-state index is 12.5. The highest BCUT2D eigenvalue weighted by Crippen LogP contribution is 2.21. The van der Waals surface area contributed by atoms with Crippen LogP contribution in [-0.4, -0.2) is 56.3 Å². The van der Waals surface area contributed by atoms with Crippen molar-refractivity contribution in [3.05, 3.63) is 0 Å². The van der Waals surface area contributed by atoms with Gasteiger partial charge in [0.2, 0.25) is 0 Å². The lowest BCUT2D eigenvalue weighted by atomic mass is 10.6. The van der Waals surface area contributed by atoms with Gasteiger partial charge in [-0.2, -0.15) is 17.2 Å². The van der Waals surface area contributed by atoms with E-state index in [1.165, 1.54) is 0 Å². The van der Waals surface area contributed by atoms with E-state index in [4.69, 9.17) is 4.55 Å². The Balaban J connectivity index is 4.35. The molecular formula is C6H11F2NO5S. The Hall–Kier alpha value is -0.800. The van der Waals surface area contributed by atoms with Crippen molar-refractivity contribution < 1.29 is 31.3 Å². The second-order valence-corrected chi connectivity index (χ2v) is 4.39. The second kappa shape index (κ2) is 4.81. The van der Waals surface area contributed by atoms with Gasteiger partial charge in [-0.1, -0.05) is 0 Å². The molecule has 6 nitrogen and oxygen atoms in total. The number of nitrogens with zero attached hydrogens (tertiary/aromatic N) is 1. The number of alkyl halides is 2. The van der Waals surface area contributed by atoms with Crippen molar-refractivity contribution in [2.24, 2.45) is 0 Å². The fourth-order valence-corrected chi connectivity index (χ4v) is 0.780. The SMILES string of the molecule is CN(C)CCOC(=O)C(F)(F)S(=O)(=O)O. The van der Waals surface area contributed by atoms with Crippen LogP contribution in [0.4, 0.5) is 8.78 Å². The topological polar surface area (TPSA) is 83.9 Å². The molecule has 0 aromatic rings. The first-order valence-electron chi connectivity index (χ1n) is 3.76. The third-order valence-corrected chi connectivity index (χ3v) is 2.15. The van der Waals surface area contributed by atoms with E-state index in [2.05, 4.69) is 4.74 Å². The molecule has 0 amide bonds. The summed E-state index contributed by atoms with van der Waals surface area (Å²) < 4.78 is 57.2. The predicted octanol–water partition coefficient (Wildman–Crippen LogP) is -0.428. The molecule has 0 aromatic heterocycles. The van der Waals surface area contributed by atoms with Gasteiger partial charge in [0.25, 0.3) is 0 Å². The number of esters is 1. The molecule has 9 heteroatoms. The summed E-state index contributed by atoms with van der Waals surface area (Å²) in [7, 11) is -2.56. The molecule has 0 aliphatic rings. The lowest BCUT2D eigenvalue weighted by Crippen LogP contribution is -2.39. The van der Waals surface area contributed by atoms with Crippen LogP contribution in [0.5, 0.6) is 0 Å². The Morgan fingerprint density at radius 1 is 1.47 bits per heavy atom. The molecule has 0 radical (unpaired) electrons. The number of ether oxygens (including phenoxy) is 1. The van der Waals surface area contributed by atoms with Crippen LogP contribution >= 0.6 is 0 Å². The Morgan fingerprint density at radius 3 is 2.27 bits per heavy atom. The van der Waals surface area contributed by atoms with Gasteiger partial charge in [0, 0.05) is 6.54 Å². The van der Waals surface area contributed by atoms with E-state index in [1.54, 1.807) is 19.0 Å². The molecule has 0 aliphatic heterocycles. The summed E-state index contributed by atoms with van der Waals surface area (Å²) in [6.07, 6.45) is 0. The van der Waals surface area contributed by atoms with Crippen LogP contribution in [0, 0.1) is 0 Å². The summed E-state index contributed by atoms with van der Waals surface area (Å²) in [5.74, 6) is -2.29. The fraction of sp³-hybridized carbons (Fsp3) is 0.833. The van der Waals surface area contributed by atoms with E-state index >= 15 is 0 Å². The van der Waals surface area contributed by atoms with Gasteiger partial charge >= 0.3 is 21.3 Å². The summed E-state index contributed by atoms with van der Waals surface area (Å²) >= 11 is 0. The summed E-state index contributed by atoms with van der Waals surface area (Å²) in [6.45, 7) is -0.232. The van der Waals surface area contributed by atoms with E-state index < -0.39 is 27.9 Å². The molecule has 0 spiro atoms. The van der Waals surface area contributed by atoms with Crippen molar-refractivity contribution >= 4 is 16.1 Å². The minimum Gasteiger partial charge on any atom is -0.459 e. The minimum absolute atomic E-state index is 0.160. The fourth-order valence-electron chi connectivity index (χ4n) is 0.510. The molecule has 0 heterocycles. The average molecular weight is 247 g/mol. The van der Waals surface area contributed by atoms with Gasteiger partial charge in [0.1, 0.15) is 6.61 Å². The highest BCUT2D eigenvalue weighted by atomic mass is 32.2. The highest BCUT2D eigenvalue weighted by molar-refractivity contribution is 7.87. The summed E-state index contributed by atoms with van der Waals surface area (Å²) in [5, 5.41) is -4.92. The van der Waals surface area contributed by atoms with Crippen molar-refractivity contribution in [3.63, 3.8) is 0 Å². The van der Waals surface area contributed by atoms with Crippen molar-refractivity contribution in [1.29, 1.82) is 0 Å². The molecule has 0 saturated heterocycles. The number of rotatable bonds is 5. The third kappa shape index (κ3) is 4.06. The standard InChI is InChI=1S/C6H11F2NO5S/c1-9(2)3-4-14-5(10)6(7,8)15(11,12)13/h3-4H2,1-2H3,(H,11,12,13). The number of carbonyl (C=O) groups excluding carboxylic acids is 1. The first-order chi connectivity index (χ1) is 6.59. The molecule has 0 unspecified atom stereocenters. The van der Waals surface area contributed by atoms with Gasteiger partial charge in [0.05, 0.1) is 0 Å². The zero-order valence-electron chi connectivity index (χ0n) is 8.11. The van der Waals surface area contributed by atoms with E-state index in [1.807, 2.05) is 0 Å². The van der Waals surface area contributed by atoms with Gasteiger partial charge in [-0.25, -0.2) is 4.79 Å². The molecule has 1 N–H and O–H groups in total. The molecule has 15 heavy (non-hydrogen) atoms. The Labute approximate surface area is 85.6 Å². The van der Waals surface area contributed by atoms with Crippen LogP contribution in [0.1, 0.15) is 0 Å². The first kappa shape index (κ1) is 14.2.